The molecule has 0 unspecified atom stereocenters. The van der Waals surface area contributed by atoms with Crippen LogP contribution < -0.4 is 5.32 Å². The van der Waals surface area contributed by atoms with Crippen LogP contribution in [0.4, 0.5) is 19.1 Å². The third-order valence-corrected chi connectivity index (χ3v) is 3.93. The van der Waals surface area contributed by atoms with Gasteiger partial charge in [-0.05, 0) is 17.2 Å². The molecule has 134 valence electrons. The second kappa shape index (κ2) is 7.79. The summed E-state index contributed by atoms with van der Waals surface area (Å²) in [6.07, 6.45) is -3.37. The van der Waals surface area contributed by atoms with Gasteiger partial charge in [-0.2, -0.15) is 13.2 Å². The predicted octanol–water partition coefficient (Wildman–Crippen LogP) is 2.94. The topological polar surface area (TPSA) is 50.3 Å². The number of nitrogens with zero attached hydrogens (tertiary/aromatic N) is 3. The highest BCUT2D eigenvalue weighted by molar-refractivity contribution is 5.30. The smallest absolute Gasteiger partial charge is 0.379 e. The molecule has 1 aliphatic heterocycles. The average Bonchev–Trinajstić information content (AvgIpc) is 2.62. The van der Waals surface area contributed by atoms with Crippen molar-refractivity contribution in [1.82, 2.24) is 14.9 Å². The van der Waals surface area contributed by atoms with Gasteiger partial charge in [0.05, 0.1) is 13.2 Å². The van der Waals surface area contributed by atoms with E-state index in [9.17, 15) is 13.2 Å². The molecule has 5 nitrogen and oxygen atoms in total. The zero-order valence-electron chi connectivity index (χ0n) is 13.6. The molecular weight excluding hydrogens is 333 g/mol. The number of benzene rings is 1. The lowest BCUT2D eigenvalue weighted by Gasteiger charge is -2.26. The summed E-state index contributed by atoms with van der Waals surface area (Å²) < 4.78 is 43.2. The standard InChI is InChI=1S/C17H19F3N4O/c18-17(19,20)15-5-6-21-16(23-15)22-11-13-1-3-14(4-2-13)12-24-7-9-25-10-8-24/h1-6H,7-12H2,(H,21,22,23). The van der Waals surface area contributed by atoms with Crippen LogP contribution in [-0.2, 0) is 24.0 Å². The van der Waals surface area contributed by atoms with Crippen LogP contribution in [0.1, 0.15) is 16.8 Å². The van der Waals surface area contributed by atoms with E-state index in [1.807, 2.05) is 24.3 Å². The van der Waals surface area contributed by atoms with Crippen molar-refractivity contribution in [3.8, 4) is 0 Å². The Hall–Kier alpha value is -2.19. The first kappa shape index (κ1) is 17.6. The second-order valence-electron chi connectivity index (χ2n) is 5.82. The maximum Gasteiger partial charge on any atom is 0.433 e. The Balaban J connectivity index is 1.55. The van der Waals surface area contributed by atoms with Crippen molar-refractivity contribution in [2.75, 3.05) is 31.6 Å². The molecule has 0 bridgehead atoms. The minimum atomic E-state index is -4.47. The van der Waals surface area contributed by atoms with Crippen molar-refractivity contribution in [3.63, 3.8) is 0 Å². The van der Waals surface area contributed by atoms with Gasteiger partial charge in [0, 0.05) is 32.4 Å². The molecule has 3 rings (SSSR count). The fraction of sp³-hybridized carbons (Fsp3) is 0.412. The van der Waals surface area contributed by atoms with Crippen molar-refractivity contribution in [2.24, 2.45) is 0 Å². The molecule has 2 aromatic rings. The molecule has 1 aromatic carbocycles. The first-order chi connectivity index (χ1) is 12.0. The quantitative estimate of drug-likeness (QED) is 0.897. The molecule has 0 amide bonds. The number of aromatic nitrogens is 2. The number of morpholine rings is 1. The summed E-state index contributed by atoms with van der Waals surface area (Å²) in [5.41, 5.74) is 1.19. The van der Waals surface area contributed by atoms with Crippen LogP contribution in [-0.4, -0.2) is 41.2 Å². The number of nitrogens with one attached hydrogen (secondary N) is 1. The minimum Gasteiger partial charge on any atom is -0.379 e. The van der Waals surface area contributed by atoms with Crippen molar-refractivity contribution in [3.05, 3.63) is 53.3 Å². The number of hydrogen-bond acceptors (Lipinski definition) is 5. The van der Waals surface area contributed by atoms with Crippen LogP contribution >= 0.6 is 0 Å². The third-order valence-electron chi connectivity index (χ3n) is 3.93. The largest absolute Gasteiger partial charge is 0.433 e. The maximum atomic E-state index is 12.6. The van der Waals surface area contributed by atoms with Gasteiger partial charge in [-0.1, -0.05) is 24.3 Å². The molecule has 1 saturated heterocycles. The van der Waals surface area contributed by atoms with Gasteiger partial charge < -0.3 is 10.1 Å². The van der Waals surface area contributed by atoms with E-state index in [-0.39, 0.29) is 5.95 Å². The van der Waals surface area contributed by atoms with E-state index in [0.29, 0.717) is 6.54 Å². The highest BCUT2D eigenvalue weighted by Gasteiger charge is 2.32. The van der Waals surface area contributed by atoms with Crippen LogP contribution in [0.3, 0.4) is 0 Å². The van der Waals surface area contributed by atoms with E-state index in [4.69, 9.17) is 4.74 Å². The highest BCUT2D eigenvalue weighted by Crippen LogP contribution is 2.27. The summed E-state index contributed by atoms with van der Waals surface area (Å²) >= 11 is 0. The third kappa shape index (κ3) is 5.14. The van der Waals surface area contributed by atoms with Crippen molar-refractivity contribution in [2.45, 2.75) is 19.3 Å². The second-order valence-corrected chi connectivity index (χ2v) is 5.82. The Labute approximate surface area is 143 Å². The molecule has 2 heterocycles. The number of alkyl halides is 3. The van der Waals surface area contributed by atoms with Crippen LogP contribution in [0, 0.1) is 0 Å². The molecule has 1 N–H and O–H groups in total. The number of rotatable bonds is 5. The normalized spacial score (nSPS) is 16.0. The lowest BCUT2D eigenvalue weighted by molar-refractivity contribution is -0.141. The van der Waals surface area contributed by atoms with Gasteiger partial charge in [-0.15, -0.1) is 0 Å². The molecule has 1 aromatic heterocycles. The summed E-state index contributed by atoms with van der Waals surface area (Å²) in [6, 6.07) is 8.82. The van der Waals surface area contributed by atoms with Gasteiger partial charge in [0.15, 0.2) is 0 Å². The monoisotopic (exact) mass is 352 g/mol. The summed E-state index contributed by atoms with van der Waals surface area (Å²) in [7, 11) is 0. The molecule has 0 atom stereocenters. The Bertz CT molecular complexity index is 685. The van der Waals surface area contributed by atoms with Crippen LogP contribution in [0.15, 0.2) is 36.5 Å². The molecule has 0 saturated carbocycles. The average molecular weight is 352 g/mol. The van der Waals surface area contributed by atoms with Gasteiger partial charge in [0.1, 0.15) is 5.69 Å². The van der Waals surface area contributed by atoms with E-state index in [1.54, 1.807) is 0 Å². The van der Waals surface area contributed by atoms with E-state index >= 15 is 0 Å². The number of ether oxygens (including phenoxy) is 1. The SMILES string of the molecule is FC(F)(F)c1ccnc(NCc2ccc(CN3CCOCC3)cc2)n1. The van der Waals surface area contributed by atoms with Crippen LogP contribution in [0.5, 0.6) is 0 Å². The molecule has 0 spiro atoms. The Morgan fingerprint density at radius 2 is 1.72 bits per heavy atom. The summed E-state index contributed by atoms with van der Waals surface area (Å²) in [4.78, 5) is 9.64. The predicted molar refractivity (Wildman–Crippen MR) is 86.9 cm³/mol. The molecule has 1 fully saturated rings. The van der Waals surface area contributed by atoms with Gasteiger partial charge in [0.2, 0.25) is 5.95 Å². The lowest BCUT2D eigenvalue weighted by Crippen LogP contribution is -2.35. The summed E-state index contributed by atoms with van der Waals surface area (Å²) in [5.74, 6) is -0.0350. The first-order valence-corrected chi connectivity index (χ1v) is 8.03. The van der Waals surface area contributed by atoms with E-state index in [2.05, 4.69) is 20.2 Å². The zero-order chi connectivity index (χ0) is 17.7. The molecule has 0 aliphatic carbocycles. The van der Waals surface area contributed by atoms with Crippen molar-refractivity contribution >= 4 is 5.95 Å². The van der Waals surface area contributed by atoms with E-state index < -0.39 is 11.9 Å². The Morgan fingerprint density at radius 1 is 1.04 bits per heavy atom. The van der Waals surface area contributed by atoms with E-state index in [1.165, 1.54) is 5.56 Å². The molecule has 25 heavy (non-hydrogen) atoms. The number of halogens is 3. The Kier molecular flexibility index (Phi) is 5.50. The number of anilines is 1. The maximum absolute atomic E-state index is 12.6. The van der Waals surface area contributed by atoms with Crippen molar-refractivity contribution in [1.29, 1.82) is 0 Å². The van der Waals surface area contributed by atoms with Crippen LogP contribution in [0.2, 0.25) is 0 Å². The zero-order valence-corrected chi connectivity index (χ0v) is 13.6. The number of hydrogen-bond donors (Lipinski definition) is 1. The van der Waals surface area contributed by atoms with Gasteiger partial charge in [-0.3, -0.25) is 4.90 Å². The fourth-order valence-electron chi connectivity index (χ4n) is 2.56. The van der Waals surface area contributed by atoms with Gasteiger partial charge >= 0.3 is 6.18 Å². The lowest BCUT2D eigenvalue weighted by atomic mass is 10.1. The van der Waals surface area contributed by atoms with Crippen molar-refractivity contribution < 1.29 is 17.9 Å². The van der Waals surface area contributed by atoms with Gasteiger partial charge in [0.25, 0.3) is 0 Å². The highest BCUT2D eigenvalue weighted by atomic mass is 19.4. The summed E-state index contributed by atoms with van der Waals surface area (Å²) in [5, 5.41) is 2.83. The molecular formula is C17H19F3N4O. The first-order valence-electron chi connectivity index (χ1n) is 8.03. The fourth-order valence-corrected chi connectivity index (χ4v) is 2.56. The molecule has 1 aliphatic rings. The van der Waals surface area contributed by atoms with Crippen LogP contribution in [0.25, 0.3) is 0 Å². The Morgan fingerprint density at radius 3 is 2.40 bits per heavy atom. The minimum absolute atomic E-state index is 0.0350. The summed E-state index contributed by atoms with van der Waals surface area (Å²) in [6.45, 7) is 4.61. The van der Waals surface area contributed by atoms with Gasteiger partial charge in [-0.25, -0.2) is 9.97 Å². The molecule has 8 heteroatoms. The van der Waals surface area contributed by atoms with E-state index in [0.717, 1.165) is 50.7 Å². The molecule has 0 radical (unpaired) electrons.